The minimum absolute atomic E-state index is 0.0126. The first-order chi connectivity index (χ1) is 6.88. The number of pyridine rings is 1. The topological polar surface area (TPSA) is 42.4 Å². The van der Waals surface area contributed by atoms with E-state index >= 15 is 0 Å². The minimum atomic E-state index is -0.0126. The van der Waals surface area contributed by atoms with E-state index in [1.54, 1.807) is 23.2 Å². The Bertz CT molecular complexity index is 307. The highest BCUT2D eigenvalue weighted by atomic mass is 16.5. The van der Waals surface area contributed by atoms with Crippen molar-refractivity contribution < 1.29 is 9.53 Å². The number of carbonyl (C=O) groups is 1. The Hall–Kier alpha value is -1.42. The Labute approximate surface area is 82.5 Å². The molecule has 4 heteroatoms. The summed E-state index contributed by atoms with van der Waals surface area (Å²) in [5.74, 6) is -0.0126. The monoisotopic (exact) mass is 191 g/mol. The predicted molar refractivity (Wildman–Crippen MR) is 49.8 cm³/mol. The van der Waals surface area contributed by atoms with Crippen molar-refractivity contribution in [1.29, 1.82) is 0 Å². The lowest BCUT2D eigenvalue weighted by Gasteiger charge is -2.26. The van der Waals surface area contributed by atoms with E-state index in [1.165, 1.54) is 0 Å². The molecule has 14 heavy (non-hydrogen) atoms. The third-order valence-corrected chi connectivity index (χ3v) is 2.14. The molecule has 0 N–H and O–H groups in total. The van der Waals surface area contributed by atoms with E-state index in [4.69, 9.17) is 4.74 Å². The lowest BCUT2D eigenvalue weighted by atomic mass is 10.2. The van der Waals surface area contributed by atoms with Crippen LogP contribution in [0.25, 0.3) is 0 Å². The summed E-state index contributed by atoms with van der Waals surface area (Å²) >= 11 is 0. The van der Waals surface area contributed by atoms with Gasteiger partial charge in [0.05, 0.1) is 18.8 Å². The van der Waals surface area contributed by atoms with Gasteiger partial charge >= 0.3 is 0 Å². The van der Waals surface area contributed by atoms with E-state index < -0.39 is 0 Å². The zero-order valence-corrected chi connectivity index (χ0v) is 7.77. The summed E-state index contributed by atoms with van der Waals surface area (Å²) in [6, 6.07) is 3.47. The Morgan fingerprint density at radius 2 is 2.29 bits per heavy atom. The molecule has 2 heterocycles. The summed E-state index contributed by atoms with van der Waals surface area (Å²) < 4.78 is 5.17. The normalized spacial score (nSPS) is 16.7. The smallest absolute Gasteiger partial charge is 0.256 e. The molecule has 1 aromatic heterocycles. The van der Waals surface area contributed by atoms with Crippen molar-refractivity contribution in [1.82, 2.24) is 9.88 Å². The van der Waals surface area contributed by atoms with Gasteiger partial charge in [0.2, 0.25) is 0 Å². The summed E-state index contributed by atoms with van der Waals surface area (Å²) in [5.41, 5.74) is 0.523. The van der Waals surface area contributed by atoms with Gasteiger partial charge in [-0.25, -0.2) is 0 Å². The van der Waals surface area contributed by atoms with Crippen LogP contribution in [0.15, 0.2) is 18.3 Å². The van der Waals surface area contributed by atoms with Gasteiger partial charge in [0, 0.05) is 19.3 Å². The van der Waals surface area contributed by atoms with Crippen molar-refractivity contribution in [2.45, 2.75) is 0 Å². The molecule has 73 valence electrons. The van der Waals surface area contributed by atoms with Crippen LogP contribution < -0.4 is 0 Å². The van der Waals surface area contributed by atoms with Crippen LogP contribution >= 0.6 is 0 Å². The quantitative estimate of drug-likeness (QED) is 0.643. The highest BCUT2D eigenvalue weighted by molar-refractivity contribution is 5.93. The Balaban J connectivity index is 2.07. The van der Waals surface area contributed by atoms with Gasteiger partial charge in [0.15, 0.2) is 0 Å². The maximum absolute atomic E-state index is 11.8. The van der Waals surface area contributed by atoms with Crippen molar-refractivity contribution >= 4 is 5.91 Å². The first-order valence-electron chi connectivity index (χ1n) is 4.57. The van der Waals surface area contributed by atoms with Crippen molar-refractivity contribution in [2.75, 3.05) is 26.3 Å². The van der Waals surface area contributed by atoms with Gasteiger partial charge in [-0.1, -0.05) is 0 Å². The number of nitrogens with zero attached hydrogens (tertiary/aromatic N) is 2. The molecule has 1 aliphatic heterocycles. The standard InChI is InChI=1S/C10H11N2O2/c13-10(9-2-1-3-11-8-9)12-4-6-14-7-5-12/h1-3H,4-7H2. The van der Waals surface area contributed by atoms with Gasteiger partial charge in [0.25, 0.3) is 5.91 Å². The zero-order chi connectivity index (χ0) is 9.80. The molecule has 1 aliphatic rings. The molecule has 1 saturated heterocycles. The molecular weight excluding hydrogens is 180 g/mol. The van der Waals surface area contributed by atoms with Crippen LogP contribution in [0.3, 0.4) is 0 Å². The van der Waals surface area contributed by atoms with Crippen molar-refractivity contribution in [2.24, 2.45) is 0 Å². The number of aromatic nitrogens is 1. The van der Waals surface area contributed by atoms with Gasteiger partial charge in [-0.15, -0.1) is 0 Å². The van der Waals surface area contributed by atoms with E-state index in [0.717, 1.165) is 0 Å². The fourth-order valence-electron chi connectivity index (χ4n) is 1.38. The van der Waals surface area contributed by atoms with Gasteiger partial charge in [0.1, 0.15) is 6.20 Å². The Kier molecular flexibility index (Phi) is 2.74. The van der Waals surface area contributed by atoms with Crippen LogP contribution in [0.4, 0.5) is 0 Å². The van der Waals surface area contributed by atoms with E-state index in [0.29, 0.717) is 31.9 Å². The maximum Gasteiger partial charge on any atom is 0.256 e. The average molecular weight is 191 g/mol. The van der Waals surface area contributed by atoms with Gasteiger partial charge in [-0.2, -0.15) is 0 Å². The van der Waals surface area contributed by atoms with E-state index in [-0.39, 0.29) is 5.91 Å². The molecule has 1 aromatic rings. The van der Waals surface area contributed by atoms with Gasteiger partial charge in [-0.05, 0) is 12.1 Å². The fraction of sp³-hybridized carbons (Fsp3) is 0.400. The second-order valence-corrected chi connectivity index (χ2v) is 3.07. The average Bonchev–Trinajstić information content (AvgIpc) is 2.30. The van der Waals surface area contributed by atoms with E-state index in [2.05, 4.69) is 11.2 Å². The number of amides is 1. The first-order valence-corrected chi connectivity index (χ1v) is 4.57. The van der Waals surface area contributed by atoms with Crippen LogP contribution in [-0.2, 0) is 4.74 Å². The van der Waals surface area contributed by atoms with Crippen molar-refractivity contribution in [3.8, 4) is 0 Å². The second-order valence-electron chi connectivity index (χ2n) is 3.07. The zero-order valence-electron chi connectivity index (χ0n) is 7.77. The molecule has 0 aliphatic carbocycles. The van der Waals surface area contributed by atoms with Crippen LogP contribution in [0.5, 0.6) is 0 Å². The van der Waals surface area contributed by atoms with Crippen LogP contribution in [-0.4, -0.2) is 42.1 Å². The van der Waals surface area contributed by atoms with E-state index in [1.807, 2.05) is 0 Å². The largest absolute Gasteiger partial charge is 0.378 e. The number of hydrogen-bond acceptors (Lipinski definition) is 3. The molecule has 1 fully saturated rings. The molecule has 2 rings (SSSR count). The summed E-state index contributed by atoms with van der Waals surface area (Å²) in [7, 11) is 0. The predicted octanol–water partition coefficient (Wildman–Crippen LogP) is 0.354. The molecule has 0 spiro atoms. The lowest BCUT2D eigenvalue weighted by molar-refractivity contribution is 0.0302. The van der Waals surface area contributed by atoms with Gasteiger partial charge in [-0.3, -0.25) is 9.78 Å². The summed E-state index contributed by atoms with van der Waals surface area (Å²) in [5, 5.41) is 0. The highest BCUT2D eigenvalue weighted by Gasteiger charge is 2.18. The number of morpholine rings is 1. The van der Waals surface area contributed by atoms with Crippen LogP contribution in [0, 0.1) is 6.20 Å². The van der Waals surface area contributed by atoms with Crippen molar-refractivity contribution in [3.05, 3.63) is 30.1 Å². The molecule has 0 aromatic carbocycles. The molecule has 1 radical (unpaired) electrons. The van der Waals surface area contributed by atoms with Gasteiger partial charge < -0.3 is 9.64 Å². The molecule has 1 amide bonds. The number of carbonyl (C=O) groups excluding carboxylic acids is 1. The molecule has 0 bridgehead atoms. The lowest BCUT2D eigenvalue weighted by Crippen LogP contribution is -2.40. The number of hydrogen-bond donors (Lipinski definition) is 0. The van der Waals surface area contributed by atoms with Crippen molar-refractivity contribution in [3.63, 3.8) is 0 Å². The Morgan fingerprint density at radius 3 is 2.93 bits per heavy atom. The number of rotatable bonds is 1. The fourth-order valence-corrected chi connectivity index (χ4v) is 1.38. The third kappa shape index (κ3) is 1.90. The molecule has 0 unspecified atom stereocenters. The van der Waals surface area contributed by atoms with Crippen LogP contribution in [0.1, 0.15) is 10.4 Å². The summed E-state index contributed by atoms with van der Waals surface area (Å²) in [6.45, 7) is 2.54. The third-order valence-electron chi connectivity index (χ3n) is 2.14. The highest BCUT2D eigenvalue weighted by Crippen LogP contribution is 2.04. The second kappa shape index (κ2) is 4.19. The molecule has 0 atom stereocenters. The Morgan fingerprint density at radius 1 is 1.50 bits per heavy atom. The SMILES string of the molecule is O=C(c1[c]nccc1)N1CCOCC1. The van der Waals surface area contributed by atoms with Crippen LogP contribution in [0.2, 0.25) is 0 Å². The minimum Gasteiger partial charge on any atom is -0.378 e. The maximum atomic E-state index is 11.8. The summed E-state index contributed by atoms with van der Waals surface area (Å²) in [4.78, 5) is 17.4. The molecule has 0 saturated carbocycles. The number of ether oxygens (including phenoxy) is 1. The molecular formula is C10H11N2O2. The first kappa shape index (κ1) is 9.15. The summed E-state index contributed by atoms with van der Waals surface area (Å²) in [6.07, 6.45) is 4.29. The molecule has 4 nitrogen and oxygen atoms in total. The van der Waals surface area contributed by atoms with E-state index in [9.17, 15) is 4.79 Å².